The quantitative estimate of drug-likeness (QED) is 0.759. The Labute approximate surface area is 142 Å². The van der Waals surface area contributed by atoms with Crippen molar-refractivity contribution in [2.45, 2.75) is 0 Å². The number of aromatic amines is 1. The standard InChI is InChI=1S/C18H13N3O4/c1-24-13-4-2-3-5-14(13)25-15-17(22)20-16(21-18(15)23)12-8-6-11(10-19)7-9-12/h2-9H,1H3,(H2,20,21,22,23). The molecular weight excluding hydrogens is 322 g/mol. The van der Waals surface area contributed by atoms with Crippen LogP contribution < -0.4 is 15.0 Å². The maximum atomic E-state index is 12.3. The maximum Gasteiger partial charge on any atom is 0.298 e. The molecule has 25 heavy (non-hydrogen) atoms. The van der Waals surface area contributed by atoms with Crippen LogP contribution in [0.15, 0.2) is 53.3 Å². The lowest BCUT2D eigenvalue weighted by atomic mass is 10.1. The zero-order valence-electron chi connectivity index (χ0n) is 13.2. The SMILES string of the molecule is COc1ccccc1Oc1c(O)nc(-c2ccc(C#N)cc2)[nH]c1=O. The molecule has 7 nitrogen and oxygen atoms in total. The highest BCUT2D eigenvalue weighted by molar-refractivity contribution is 5.58. The van der Waals surface area contributed by atoms with Crippen molar-refractivity contribution in [2.24, 2.45) is 0 Å². The van der Waals surface area contributed by atoms with Crippen molar-refractivity contribution in [3.63, 3.8) is 0 Å². The molecule has 0 aliphatic heterocycles. The molecule has 0 unspecified atom stereocenters. The Hall–Kier alpha value is -3.79. The second-order valence-electron chi connectivity index (χ2n) is 5.01. The maximum absolute atomic E-state index is 12.3. The van der Waals surface area contributed by atoms with Crippen LogP contribution in [0.1, 0.15) is 5.56 Å². The van der Waals surface area contributed by atoms with Crippen LogP contribution in [0.4, 0.5) is 0 Å². The Morgan fingerprint density at radius 1 is 1.12 bits per heavy atom. The van der Waals surface area contributed by atoms with Gasteiger partial charge in [0.1, 0.15) is 5.82 Å². The molecule has 0 fully saturated rings. The first-order valence-electron chi connectivity index (χ1n) is 7.27. The molecule has 0 saturated heterocycles. The van der Waals surface area contributed by atoms with Crippen LogP contribution >= 0.6 is 0 Å². The summed E-state index contributed by atoms with van der Waals surface area (Å²) in [5.41, 5.74) is 0.388. The molecule has 0 saturated carbocycles. The smallest absolute Gasteiger partial charge is 0.298 e. The van der Waals surface area contributed by atoms with E-state index in [1.165, 1.54) is 7.11 Å². The lowest BCUT2D eigenvalue weighted by molar-refractivity contribution is 0.358. The normalized spacial score (nSPS) is 10.1. The number of nitrogens with zero attached hydrogens (tertiary/aromatic N) is 2. The summed E-state index contributed by atoms with van der Waals surface area (Å²) < 4.78 is 10.6. The van der Waals surface area contributed by atoms with Crippen LogP contribution in [0.5, 0.6) is 23.1 Å². The number of ether oxygens (including phenoxy) is 2. The number of hydrogen-bond donors (Lipinski definition) is 2. The number of rotatable bonds is 4. The van der Waals surface area contributed by atoms with E-state index in [1.807, 2.05) is 6.07 Å². The third-order valence-electron chi connectivity index (χ3n) is 3.43. The van der Waals surface area contributed by atoms with Gasteiger partial charge in [0.25, 0.3) is 17.2 Å². The molecule has 0 radical (unpaired) electrons. The Morgan fingerprint density at radius 2 is 1.80 bits per heavy atom. The Balaban J connectivity index is 1.98. The number of para-hydroxylation sites is 2. The van der Waals surface area contributed by atoms with Gasteiger partial charge in [-0.1, -0.05) is 12.1 Å². The van der Waals surface area contributed by atoms with Crippen molar-refractivity contribution in [1.82, 2.24) is 9.97 Å². The largest absolute Gasteiger partial charge is 0.493 e. The third-order valence-corrected chi connectivity index (χ3v) is 3.43. The molecule has 0 aliphatic carbocycles. The van der Waals surface area contributed by atoms with Gasteiger partial charge in [0, 0.05) is 5.56 Å². The van der Waals surface area contributed by atoms with E-state index in [-0.39, 0.29) is 17.3 Å². The van der Waals surface area contributed by atoms with E-state index in [0.29, 0.717) is 16.9 Å². The Kier molecular flexibility index (Phi) is 4.35. The van der Waals surface area contributed by atoms with Crippen molar-refractivity contribution >= 4 is 0 Å². The lowest BCUT2D eigenvalue weighted by Gasteiger charge is -2.10. The molecule has 124 valence electrons. The van der Waals surface area contributed by atoms with Gasteiger partial charge in [-0.15, -0.1) is 0 Å². The second-order valence-corrected chi connectivity index (χ2v) is 5.01. The summed E-state index contributed by atoms with van der Waals surface area (Å²) in [7, 11) is 1.47. The number of nitrogens with one attached hydrogen (secondary N) is 1. The highest BCUT2D eigenvalue weighted by Crippen LogP contribution is 2.33. The highest BCUT2D eigenvalue weighted by Gasteiger charge is 2.16. The van der Waals surface area contributed by atoms with Crippen LogP contribution in [0, 0.1) is 11.3 Å². The fourth-order valence-corrected chi connectivity index (χ4v) is 2.19. The van der Waals surface area contributed by atoms with Crippen LogP contribution in [-0.2, 0) is 0 Å². The summed E-state index contributed by atoms with van der Waals surface area (Å²) in [6.07, 6.45) is 0. The van der Waals surface area contributed by atoms with Crippen LogP contribution in [0.3, 0.4) is 0 Å². The molecule has 3 aromatic rings. The van der Waals surface area contributed by atoms with Crippen molar-refractivity contribution < 1.29 is 14.6 Å². The number of hydrogen-bond acceptors (Lipinski definition) is 6. The molecular formula is C18H13N3O4. The van der Waals surface area contributed by atoms with E-state index < -0.39 is 11.4 Å². The summed E-state index contributed by atoms with van der Waals surface area (Å²) in [4.78, 5) is 18.8. The topological polar surface area (TPSA) is 108 Å². The molecule has 0 atom stereocenters. The first kappa shape index (κ1) is 16.1. The van der Waals surface area contributed by atoms with Gasteiger partial charge >= 0.3 is 0 Å². The van der Waals surface area contributed by atoms with Crippen LogP contribution in [-0.4, -0.2) is 22.2 Å². The first-order chi connectivity index (χ1) is 12.1. The predicted octanol–water partition coefficient (Wildman–Crippen LogP) is 2.82. The summed E-state index contributed by atoms with van der Waals surface area (Å²) >= 11 is 0. The van der Waals surface area contributed by atoms with Gasteiger partial charge in [-0.05, 0) is 36.4 Å². The van der Waals surface area contributed by atoms with Gasteiger partial charge in [-0.2, -0.15) is 10.2 Å². The third kappa shape index (κ3) is 3.28. The van der Waals surface area contributed by atoms with Gasteiger partial charge in [0.15, 0.2) is 11.5 Å². The highest BCUT2D eigenvalue weighted by atomic mass is 16.5. The van der Waals surface area contributed by atoms with Crippen molar-refractivity contribution in [2.75, 3.05) is 7.11 Å². The molecule has 0 aliphatic rings. The number of benzene rings is 2. The van der Waals surface area contributed by atoms with Crippen molar-refractivity contribution in [3.8, 4) is 40.6 Å². The van der Waals surface area contributed by atoms with Crippen LogP contribution in [0.2, 0.25) is 0 Å². The molecule has 3 rings (SSSR count). The Bertz CT molecular complexity index is 1000. The van der Waals surface area contributed by atoms with Gasteiger partial charge in [0.05, 0.1) is 18.7 Å². The average Bonchev–Trinajstić information content (AvgIpc) is 2.65. The number of aromatic nitrogens is 2. The minimum atomic E-state index is -0.641. The number of H-pyrrole nitrogens is 1. The molecule has 2 N–H and O–H groups in total. The fraction of sp³-hybridized carbons (Fsp3) is 0.0556. The summed E-state index contributed by atoms with van der Waals surface area (Å²) in [6, 6.07) is 15.2. The average molecular weight is 335 g/mol. The fourth-order valence-electron chi connectivity index (χ4n) is 2.19. The molecule has 0 bridgehead atoms. The molecule has 1 heterocycles. The van der Waals surface area contributed by atoms with Gasteiger partial charge in [-0.25, -0.2) is 0 Å². The van der Waals surface area contributed by atoms with E-state index in [1.54, 1.807) is 48.5 Å². The molecule has 1 aromatic heterocycles. The van der Waals surface area contributed by atoms with E-state index in [9.17, 15) is 9.90 Å². The van der Waals surface area contributed by atoms with E-state index >= 15 is 0 Å². The predicted molar refractivity (Wildman–Crippen MR) is 89.7 cm³/mol. The van der Waals surface area contributed by atoms with E-state index in [2.05, 4.69) is 9.97 Å². The molecule has 7 heteroatoms. The number of nitriles is 1. The van der Waals surface area contributed by atoms with E-state index in [0.717, 1.165) is 0 Å². The molecule has 0 amide bonds. The van der Waals surface area contributed by atoms with Crippen molar-refractivity contribution in [3.05, 3.63) is 64.4 Å². The number of methoxy groups -OCH3 is 1. The zero-order valence-corrected chi connectivity index (χ0v) is 13.2. The van der Waals surface area contributed by atoms with Gasteiger partial charge < -0.3 is 19.6 Å². The number of aromatic hydroxyl groups is 1. The first-order valence-corrected chi connectivity index (χ1v) is 7.27. The van der Waals surface area contributed by atoms with Gasteiger partial charge in [0.2, 0.25) is 0 Å². The Morgan fingerprint density at radius 3 is 2.40 bits per heavy atom. The van der Waals surface area contributed by atoms with Crippen LogP contribution in [0.25, 0.3) is 11.4 Å². The van der Waals surface area contributed by atoms with E-state index in [4.69, 9.17) is 14.7 Å². The monoisotopic (exact) mass is 335 g/mol. The molecule has 2 aromatic carbocycles. The zero-order chi connectivity index (χ0) is 17.8. The minimum Gasteiger partial charge on any atom is -0.493 e. The minimum absolute atomic E-state index is 0.166. The summed E-state index contributed by atoms with van der Waals surface area (Å²) in [5, 5.41) is 18.9. The molecule has 0 spiro atoms. The second kappa shape index (κ2) is 6.76. The summed E-state index contributed by atoms with van der Waals surface area (Å²) in [5.74, 6) is -0.0218. The summed E-state index contributed by atoms with van der Waals surface area (Å²) in [6.45, 7) is 0. The van der Waals surface area contributed by atoms with Gasteiger partial charge in [-0.3, -0.25) is 4.79 Å². The van der Waals surface area contributed by atoms with Crippen molar-refractivity contribution in [1.29, 1.82) is 5.26 Å². The lowest BCUT2D eigenvalue weighted by Crippen LogP contribution is -2.12.